The van der Waals surface area contributed by atoms with Crippen LogP contribution >= 0.6 is 11.3 Å². The molecule has 0 spiro atoms. The number of amides is 4. The van der Waals surface area contributed by atoms with Gasteiger partial charge in [-0.15, -0.1) is 11.3 Å². The normalized spacial score (nSPS) is 17.0. The van der Waals surface area contributed by atoms with E-state index in [1.165, 1.54) is 23.7 Å². The molecule has 11 nitrogen and oxygen atoms in total. The van der Waals surface area contributed by atoms with Crippen LogP contribution in [0.15, 0.2) is 66.8 Å². The fourth-order valence-electron chi connectivity index (χ4n) is 5.15. The van der Waals surface area contributed by atoms with Crippen LogP contribution in [-0.2, 0) is 4.79 Å². The number of carbonyl (C=O) groups is 3. The number of nitrogens with one attached hydrogen (secondary N) is 2. The zero-order valence-corrected chi connectivity index (χ0v) is 22.9. The second-order valence-corrected chi connectivity index (χ2v) is 10.7. The highest BCUT2D eigenvalue weighted by Crippen LogP contribution is 2.46. The lowest BCUT2D eigenvalue weighted by atomic mass is 10.1. The van der Waals surface area contributed by atoms with Gasteiger partial charge in [0.15, 0.2) is 5.75 Å². The number of rotatable bonds is 7. The zero-order valence-electron chi connectivity index (χ0n) is 22.1. The molecule has 4 amide bonds. The van der Waals surface area contributed by atoms with E-state index in [1.54, 1.807) is 35.6 Å². The quantitative estimate of drug-likeness (QED) is 0.279. The van der Waals surface area contributed by atoms with Crippen LogP contribution in [0.5, 0.6) is 11.5 Å². The van der Waals surface area contributed by atoms with Crippen LogP contribution in [0, 0.1) is 12.8 Å². The van der Waals surface area contributed by atoms with Crippen molar-refractivity contribution >= 4 is 62.2 Å². The van der Waals surface area contributed by atoms with Crippen LogP contribution < -0.4 is 20.3 Å². The number of aromatic nitrogens is 3. The van der Waals surface area contributed by atoms with Crippen molar-refractivity contribution in [3.63, 3.8) is 0 Å². The lowest BCUT2D eigenvalue weighted by molar-refractivity contribution is -0.113. The SMILES string of the molecule is C=CC(=O)N=C1CCC[C@H]1CNC(=O)c1sc2nccc3c2c1NC(=O)N3c1ccc(Oc2cncnc2)cc1C. The number of pyridine rings is 1. The average Bonchev–Trinajstić information content (AvgIpc) is 3.58. The Labute approximate surface area is 239 Å². The number of urea groups is 1. The number of hydrogen-bond donors (Lipinski definition) is 2. The standard InChI is InChI=1S/C29H25N7O4S/c1-3-23(37)34-20-6-4-5-17(20)12-33-27(38)26-25-24-22(9-10-32-28(24)41-26)36(29(39)35-25)21-8-7-18(11-16(21)2)40-19-13-30-15-31-14-19/h3,7-11,13-15,17H,1,4-6,12H2,2H3,(H,33,38)(H,35,39)/t17-/m0/s1. The first-order chi connectivity index (χ1) is 19.9. The monoisotopic (exact) mass is 567 g/mol. The topological polar surface area (TPSA) is 139 Å². The highest BCUT2D eigenvalue weighted by molar-refractivity contribution is 7.21. The molecule has 4 aromatic rings. The molecule has 0 unspecified atom stereocenters. The fraction of sp³-hybridized carbons (Fsp3) is 0.207. The minimum absolute atomic E-state index is 0.0169. The molecule has 1 aliphatic heterocycles. The number of carbonyl (C=O) groups excluding carboxylic acids is 3. The van der Waals surface area contributed by atoms with E-state index in [0.717, 1.165) is 30.5 Å². The Morgan fingerprint density at radius 3 is 2.85 bits per heavy atom. The van der Waals surface area contributed by atoms with Crippen LogP contribution in [-0.4, -0.2) is 45.1 Å². The number of benzene rings is 1. The zero-order chi connectivity index (χ0) is 28.5. The van der Waals surface area contributed by atoms with Gasteiger partial charge in [-0.05, 0) is 62.1 Å². The van der Waals surface area contributed by atoms with Gasteiger partial charge in [-0.3, -0.25) is 14.5 Å². The number of aliphatic imine (C=N–C) groups is 1. The summed E-state index contributed by atoms with van der Waals surface area (Å²) < 4.78 is 5.84. The first kappa shape index (κ1) is 26.3. The van der Waals surface area contributed by atoms with E-state index >= 15 is 0 Å². The van der Waals surface area contributed by atoms with Crippen molar-refractivity contribution in [2.45, 2.75) is 26.2 Å². The average molecular weight is 568 g/mol. The summed E-state index contributed by atoms with van der Waals surface area (Å²) in [5.41, 5.74) is 3.32. The summed E-state index contributed by atoms with van der Waals surface area (Å²) >= 11 is 1.22. The summed E-state index contributed by atoms with van der Waals surface area (Å²) in [6, 6.07) is 6.79. The van der Waals surface area contributed by atoms with Gasteiger partial charge in [-0.1, -0.05) is 6.58 Å². The molecule has 206 valence electrons. The van der Waals surface area contributed by atoms with Crippen LogP contribution in [0.3, 0.4) is 0 Å². The molecule has 0 saturated heterocycles. The first-order valence-electron chi connectivity index (χ1n) is 13.0. The van der Waals surface area contributed by atoms with Crippen molar-refractivity contribution in [3.05, 3.63) is 72.3 Å². The van der Waals surface area contributed by atoms with Crippen molar-refractivity contribution in [2.24, 2.45) is 10.9 Å². The molecule has 41 heavy (non-hydrogen) atoms. The predicted octanol–water partition coefficient (Wildman–Crippen LogP) is 5.55. The number of anilines is 3. The number of nitrogens with zero attached hydrogens (tertiary/aromatic N) is 5. The largest absolute Gasteiger partial charge is 0.454 e. The Morgan fingerprint density at radius 1 is 1.24 bits per heavy atom. The van der Waals surface area contributed by atoms with E-state index in [0.29, 0.717) is 50.2 Å². The van der Waals surface area contributed by atoms with Crippen molar-refractivity contribution in [1.82, 2.24) is 20.3 Å². The Hall–Kier alpha value is -4.97. The molecule has 1 aromatic carbocycles. The van der Waals surface area contributed by atoms with E-state index < -0.39 is 0 Å². The Balaban J connectivity index is 1.27. The van der Waals surface area contributed by atoms with Crippen LogP contribution in [0.1, 0.15) is 34.5 Å². The van der Waals surface area contributed by atoms with Crippen LogP contribution in [0.2, 0.25) is 0 Å². The second-order valence-electron chi connectivity index (χ2n) is 9.65. The van der Waals surface area contributed by atoms with Crippen LogP contribution in [0.4, 0.5) is 21.9 Å². The van der Waals surface area contributed by atoms with Crippen molar-refractivity contribution in [2.75, 3.05) is 16.8 Å². The molecule has 3 aromatic heterocycles. The van der Waals surface area contributed by atoms with Gasteiger partial charge in [0, 0.05) is 24.4 Å². The summed E-state index contributed by atoms with van der Waals surface area (Å²) in [5.74, 6) is 0.379. The number of hydrogen-bond acceptors (Lipinski definition) is 8. The third kappa shape index (κ3) is 5.05. The number of ether oxygens (including phenoxy) is 1. The van der Waals surface area contributed by atoms with Crippen LogP contribution in [0.25, 0.3) is 10.2 Å². The molecule has 12 heteroatoms. The summed E-state index contributed by atoms with van der Waals surface area (Å²) in [7, 11) is 0. The van der Waals surface area contributed by atoms with Crippen molar-refractivity contribution in [3.8, 4) is 11.5 Å². The summed E-state index contributed by atoms with van der Waals surface area (Å²) in [5, 5.41) is 6.59. The van der Waals surface area contributed by atoms with Gasteiger partial charge in [-0.25, -0.2) is 24.7 Å². The van der Waals surface area contributed by atoms with E-state index in [2.05, 4.69) is 37.2 Å². The van der Waals surface area contributed by atoms with Crippen molar-refractivity contribution < 1.29 is 19.1 Å². The number of thiophene rings is 1. The molecule has 0 bridgehead atoms. The van der Waals surface area contributed by atoms with Gasteiger partial charge in [0.25, 0.3) is 11.8 Å². The molecular formula is C29H25N7O4S. The Kier molecular flexibility index (Phi) is 6.98. The van der Waals surface area contributed by atoms with Gasteiger partial charge >= 0.3 is 6.03 Å². The Morgan fingerprint density at radius 2 is 2.07 bits per heavy atom. The second kappa shape index (κ2) is 10.9. The molecule has 1 atom stereocenters. The fourth-order valence-corrected chi connectivity index (χ4v) is 6.19. The van der Waals surface area contributed by atoms with Crippen molar-refractivity contribution in [1.29, 1.82) is 0 Å². The summed E-state index contributed by atoms with van der Waals surface area (Å²) in [4.78, 5) is 57.6. The molecule has 2 aliphatic rings. The molecule has 2 N–H and O–H groups in total. The molecule has 1 aliphatic carbocycles. The lowest BCUT2D eigenvalue weighted by Crippen LogP contribution is -2.35. The Bertz CT molecular complexity index is 1730. The first-order valence-corrected chi connectivity index (χ1v) is 13.8. The maximum atomic E-state index is 13.5. The molecule has 1 fully saturated rings. The summed E-state index contributed by atoms with van der Waals surface area (Å²) in [6.45, 7) is 5.71. The molecule has 0 radical (unpaired) electrons. The maximum absolute atomic E-state index is 13.5. The number of aryl methyl sites for hydroxylation is 1. The van der Waals surface area contributed by atoms with E-state index in [1.807, 2.05) is 19.1 Å². The molecule has 4 heterocycles. The molecular weight excluding hydrogens is 542 g/mol. The third-order valence-corrected chi connectivity index (χ3v) is 8.12. The summed E-state index contributed by atoms with van der Waals surface area (Å²) in [6.07, 6.45) is 9.84. The van der Waals surface area contributed by atoms with E-state index in [4.69, 9.17) is 4.74 Å². The minimum Gasteiger partial charge on any atom is -0.454 e. The lowest BCUT2D eigenvalue weighted by Gasteiger charge is -2.29. The highest BCUT2D eigenvalue weighted by Gasteiger charge is 2.34. The molecule has 6 rings (SSSR count). The van der Waals surface area contributed by atoms with E-state index in [9.17, 15) is 14.4 Å². The minimum atomic E-state index is -0.390. The third-order valence-electron chi connectivity index (χ3n) is 7.03. The maximum Gasteiger partial charge on any atom is 0.331 e. The smallest absolute Gasteiger partial charge is 0.331 e. The predicted molar refractivity (Wildman–Crippen MR) is 156 cm³/mol. The van der Waals surface area contributed by atoms with Gasteiger partial charge in [0.2, 0.25) is 0 Å². The van der Waals surface area contributed by atoms with Gasteiger partial charge < -0.3 is 15.4 Å². The van der Waals surface area contributed by atoms with Gasteiger partial charge in [0.05, 0.1) is 34.8 Å². The highest BCUT2D eigenvalue weighted by atomic mass is 32.1. The van der Waals surface area contributed by atoms with Gasteiger partial charge in [-0.2, -0.15) is 0 Å². The van der Waals surface area contributed by atoms with Gasteiger partial charge in [0.1, 0.15) is 21.8 Å². The van der Waals surface area contributed by atoms with E-state index in [-0.39, 0.29) is 23.8 Å². The molecule has 1 saturated carbocycles.